The van der Waals surface area contributed by atoms with E-state index in [1.54, 1.807) is 0 Å². The molecular weight excluding hydrogens is 574 g/mol. The van der Waals surface area contributed by atoms with Gasteiger partial charge in [-0.05, 0) is 54.4 Å². The van der Waals surface area contributed by atoms with E-state index in [1.807, 2.05) is 24.3 Å². The van der Waals surface area contributed by atoms with E-state index in [1.165, 1.54) is 16.2 Å². The third-order valence-electron chi connectivity index (χ3n) is 9.87. The van der Waals surface area contributed by atoms with Crippen LogP contribution < -0.4 is 0 Å². The van der Waals surface area contributed by atoms with Crippen LogP contribution in [0.4, 0.5) is 0 Å². The van der Waals surface area contributed by atoms with Crippen molar-refractivity contribution in [1.29, 1.82) is 5.26 Å². The summed E-state index contributed by atoms with van der Waals surface area (Å²) in [7, 11) is 0. The van der Waals surface area contributed by atoms with Gasteiger partial charge in [-0.2, -0.15) is 5.26 Å². The van der Waals surface area contributed by atoms with Crippen molar-refractivity contribution in [1.82, 2.24) is 9.13 Å². The second kappa shape index (κ2) is 9.84. The minimum absolute atomic E-state index is 0.166. The number of rotatable bonds is 3. The molecule has 1 aliphatic carbocycles. The number of para-hydroxylation sites is 4. The van der Waals surface area contributed by atoms with Crippen molar-refractivity contribution >= 4 is 65.6 Å². The first-order chi connectivity index (χ1) is 23.3. The summed E-state index contributed by atoms with van der Waals surface area (Å²) in [6.07, 6.45) is 9.70. The number of furan rings is 1. The molecule has 6 aromatic carbocycles. The highest BCUT2D eigenvalue weighted by molar-refractivity contribution is 6.21. The number of hydrogen-bond acceptors (Lipinski definition) is 2. The van der Waals surface area contributed by atoms with Crippen molar-refractivity contribution < 1.29 is 4.42 Å². The second-order valence-electron chi connectivity index (χ2n) is 12.3. The Morgan fingerprint density at radius 2 is 1.38 bits per heavy atom. The van der Waals surface area contributed by atoms with Crippen molar-refractivity contribution in [2.75, 3.05) is 0 Å². The van der Waals surface area contributed by atoms with Gasteiger partial charge in [-0.15, -0.1) is 0 Å². The van der Waals surface area contributed by atoms with Crippen LogP contribution in [0.5, 0.6) is 0 Å². The number of aromatic nitrogens is 2. The number of hydrogen-bond donors (Lipinski definition) is 0. The lowest BCUT2D eigenvalue weighted by atomic mass is 9.98. The predicted octanol–water partition coefficient (Wildman–Crippen LogP) is 11.4. The predicted molar refractivity (Wildman–Crippen MR) is 193 cm³/mol. The molecule has 0 saturated carbocycles. The Labute approximate surface area is 270 Å². The maximum absolute atomic E-state index is 10.5. The van der Waals surface area contributed by atoms with Gasteiger partial charge in [0.15, 0.2) is 5.58 Å². The average molecular weight is 602 g/mol. The molecule has 9 aromatic rings. The largest absolute Gasteiger partial charge is 0.454 e. The molecule has 0 bridgehead atoms. The van der Waals surface area contributed by atoms with Crippen LogP contribution in [-0.4, -0.2) is 9.13 Å². The van der Waals surface area contributed by atoms with Crippen LogP contribution in [0.1, 0.15) is 18.0 Å². The number of benzene rings is 6. The molecule has 1 atom stereocenters. The van der Waals surface area contributed by atoms with Crippen molar-refractivity contribution in [3.8, 4) is 22.9 Å². The highest BCUT2D eigenvalue weighted by Crippen LogP contribution is 2.44. The fourth-order valence-corrected chi connectivity index (χ4v) is 7.86. The van der Waals surface area contributed by atoms with Gasteiger partial charge in [-0.25, -0.2) is 0 Å². The maximum atomic E-state index is 10.5. The van der Waals surface area contributed by atoms with E-state index in [9.17, 15) is 5.26 Å². The summed E-state index contributed by atoms with van der Waals surface area (Å²) in [5, 5.41) is 17.4. The van der Waals surface area contributed by atoms with Crippen LogP contribution in [0.15, 0.2) is 150 Å². The number of allylic oxidation sites excluding steroid dienone is 4. The average Bonchev–Trinajstić information content (AvgIpc) is 3.79. The van der Waals surface area contributed by atoms with E-state index in [-0.39, 0.29) is 6.04 Å². The zero-order chi connectivity index (χ0) is 31.1. The van der Waals surface area contributed by atoms with Crippen LogP contribution in [0.2, 0.25) is 0 Å². The smallest absolute Gasteiger partial charge is 0.159 e. The molecule has 3 heterocycles. The molecule has 47 heavy (non-hydrogen) atoms. The first-order valence-corrected chi connectivity index (χ1v) is 16.0. The van der Waals surface area contributed by atoms with Crippen LogP contribution in [0, 0.1) is 11.3 Å². The molecule has 4 heteroatoms. The van der Waals surface area contributed by atoms with Crippen LogP contribution >= 0.6 is 0 Å². The fourth-order valence-electron chi connectivity index (χ4n) is 7.86. The minimum atomic E-state index is 0.166. The summed E-state index contributed by atoms with van der Waals surface area (Å²) < 4.78 is 11.3. The van der Waals surface area contributed by atoms with Crippen LogP contribution in [0.25, 0.3) is 82.4 Å². The Balaban J connectivity index is 1.29. The monoisotopic (exact) mass is 601 g/mol. The van der Waals surface area contributed by atoms with E-state index in [2.05, 4.69) is 137 Å². The third kappa shape index (κ3) is 3.63. The van der Waals surface area contributed by atoms with Crippen molar-refractivity contribution in [2.45, 2.75) is 12.5 Å². The highest BCUT2D eigenvalue weighted by atomic mass is 16.3. The molecule has 0 spiro atoms. The highest BCUT2D eigenvalue weighted by Gasteiger charge is 2.24. The van der Waals surface area contributed by atoms with Crippen molar-refractivity contribution in [3.63, 3.8) is 0 Å². The first-order valence-electron chi connectivity index (χ1n) is 16.0. The molecule has 4 nitrogen and oxygen atoms in total. The SMILES string of the molecule is N#Cc1cccc(-c2ccc3c(c2)c2ccc4c5ccccc5oc4c2n3C2C=CC=CC2)c1-n1c2ccccc2c2ccccc21. The topological polar surface area (TPSA) is 46.8 Å². The minimum Gasteiger partial charge on any atom is -0.454 e. The molecule has 220 valence electrons. The van der Waals surface area contributed by atoms with E-state index >= 15 is 0 Å². The lowest BCUT2D eigenvalue weighted by molar-refractivity contribution is 0.635. The Morgan fingerprint density at radius 1 is 0.638 bits per heavy atom. The normalized spacial score (nSPS) is 14.7. The van der Waals surface area contributed by atoms with Gasteiger partial charge >= 0.3 is 0 Å². The number of nitriles is 1. The van der Waals surface area contributed by atoms with Crippen LogP contribution in [0.3, 0.4) is 0 Å². The summed E-state index contributed by atoms with van der Waals surface area (Å²) in [6, 6.07) is 45.2. The zero-order valence-electron chi connectivity index (χ0n) is 25.4. The van der Waals surface area contributed by atoms with Crippen molar-refractivity contribution in [3.05, 3.63) is 151 Å². The van der Waals surface area contributed by atoms with Gasteiger partial charge in [0.1, 0.15) is 11.7 Å². The Kier molecular flexibility index (Phi) is 5.44. The Hall–Kier alpha value is -6.31. The lowest BCUT2D eigenvalue weighted by Gasteiger charge is -2.19. The maximum Gasteiger partial charge on any atom is 0.159 e. The third-order valence-corrected chi connectivity index (χ3v) is 9.87. The molecule has 0 radical (unpaired) electrons. The molecule has 0 fully saturated rings. The van der Waals surface area contributed by atoms with Gasteiger partial charge in [0.05, 0.1) is 33.8 Å². The van der Waals surface area contributed by atoms with Gasteiger partial charge in [0.25, 0.3) is 0 Å². The van der Waals surface area contributed by atoms with Crippen LogP contribution in [-0.2, 0) is 0 Å². The summed E-state index contributed by atoms with van der Waals surface area (Å²) in [5.74, 6) is 0. The first kappa shape index (κ1) is 26.0. The standard InChI is InChI=1S/C43H27N3O/c44-26-28-11-10-17-30(41(28)46-37-18-7-4-14-31(37)32-15-5-8-19-38(32)46)27-21-24-39-36(25-27)34-22-23-35-33-16-6-9-20-40(33)47-43(35)42(34)45(39)29-12-2-1-3-13-29/h1-12,14-25,29H,13H2. The van der Waals surface area contributed by atoms with Crippen molar-refractivity contribution in [2.24, 2.45) is 0 Å². The van der Waals surface area contributed by atoms with Gasteiger partial charge in [-0.3, -0.25) is 0 Å². The number of nitrogens with zero attached hydrogens (tertiary/aromatic N) is 3. The molecule has 3 aromatic heterocycles. The summed E-state index contributed by atoms with van der Waals surface area (Å²) in [4.78, 5) is 0. The molecule has 0 N–H and O–H groups in total. The Morgan fingerprint density at radius 3 is 2.15 bits per heavy atom. The van der Waals surface area contributed by atoms with E-state index in [0.717, 1.165) is 72.6 Å². The number of fused-ring (bicyclic) bond motifs is 10. The lowest BCUT2D eigenvalue weighted by Crippen LogP contribution is -2.07. The zero-order valence-corrected chi connectivity index (χ0v) is 25.4. The van der Waals surface area contributed by atoms with Gasteiger partial charge in [0, 0.05) is 43.4 Å². The van der Waals surface area contributed by atoms with E-state index in [0.29, 0.717) is 5.56 Å². The molecule has 10 rings (SSSR count). The van der Waals surface area contributed by atoms with Gasteiger partial charge in [-0.1, -0.05) is 103 Å². The van der Waals surface area contributed by atoms with E-state index in [4.69, 9.17) is 4.42 Å². The summed E-state index contributed by atoms with van der Waals surface area (Å²) in [6.45, 7) is 0. The summed E-state index contributed by atoms with van der Waals surface area (Å²) >= 11 is 0. The molecule has 1 aliphatic rings. The molecule has 1 unspecified atom stereocenters. The van der Waals surface area contributed by atoms with Gasteiger partial charge < -0.3 is 13.6 Å². The fraction of sp³-hybridized carbons (Fsp3) is 0.0465. The molecule has 0 amide bonds. The summed E-state index contributed by atoms with van der Waals surface area (Å²) in [5.41, 5.74) is 9.88. The molecule has 0 aliphatic heterocycles. The Bertz CT molecular complexity index is 2800. The quantitative estimate of drug-likeness (QED) is 0.202. The second-order valence-corrected chi connectivity index (χ2v) is 12.3. The van der Waals surface area contributed by atoms with Gasteiger partial charge in [0.2, 0.25) is 0 Å². The molecular formula is C43H27N3O. The van der Waals surface area contributed by atoms with E-state index < -0.39 is 0 Å². The molecule has 0 saturated heterocycles.